The maximum Gasteiger partial charge on any atom is 0.241 e. The first-order valence-electron chi connectivity index (χ1n) is 8.04. The highest BCUT2D eigenvalue weighted by Crippen LogP contribution is 2.29. The van der Waals surface area contributed by atoms with Gasteiger partial charge in [0.15, 0.2) is 0 Å². The molecule has 120 valence electrons. The SMILES string of the molecule is C[C@H](N[C@@H]1CCCc2ccccc21)C(=O)Nc1ccc(Br)cc1. The molecule has 0 saturated heterocycles. The minimum absolute atomic E-state index is 0.00428. The third-order valence-corrected chi connectivity index (χ3v) is 4.85. The Balaban J connectivity index is 1.64. The number of amides is 1. The Bertz CT molecular complexity index is 684. The van der Waals surface area contributed by atoms with E-state index in [9.17, 15) is 4.79 Å². The molecule has 23 heavy (non-hydrogen) atoms. The van der Waals surface area contributed by atoms with Gasteiger partial charge in [0.2, 0.25) is 5.91 Å². The molecule has 1 aliphatic carbocycles. The Morgan fingerprint density at radius 1 is 1.17 bits per heavy atom. The van der Waals surface area contributed by atoms with Crippen LogP contribution in [-0.2, 0) is 11.2 Å². The van der Waals surface area contributed by atoms with Crippen molar-refractivity contribution in [2.45, 2.75) is 38.3 Å². The van der Waals surface area contributed by atoms with Crippen LogP contribution < -0.4 is 10.6 Å². The monoisotopic (exact) mass is 372 g/mol. The largest absolute Gasteiger partial charge is 0.325 e. The molecule has 0 heterocycles. The van der Waals surface area contributed by atoms with E-state index < -0.39 is 0 Å². The van der Waals surface area contributed by atoms with Crippen LogP contribution in [0.15, 0.2) is 53.0 Å². The first-order valence-corrected chi connectivity index (χ1v) is 8.83. The normalized spacial score (nSPS) is 18.1. The van der Waals surface area contributed by atoms with E-state index in [0.29, 0.717) is 0 Å². The summed E-state index contributed by atoms with van der Waals surface area (Å²) in [6.45, 7) is 1.92. The molecule has 4 heteroatoms. The van der Waals surface area contributed by atoms with Gasteiger partial charge in [0.25, 0.3) is 0 Å². The van der Waals surface area contributed by atoms with Crippen LogP contribution in [0.4, 0.5) is 5.69 Å². The zero-order chi connectivity index (χ0) is 16.2. The minimum Gasteiger partial charge on any atom is -0.325 e. The number of nitrogens with one attached hydrogen (secondary N) is 2. The van der Waals surface area contributed by atoms with Gasteiger partial charge in [0, 0.05) is 16.2 Å². The van der Waals surface area contributed by atoms with Gasteiger partial charge in [-0.15, -0.1) is 0 Å². The highest BCUT2D eigenvalue weighted by Gasteiger charge is 2.23. The summed E-state index contributed by atoms with van der Waals surface area (Å²) in [6, 6.07) is 16.2. The summed E-state index contributed by atoms with van der Waals surface area (Å²) >= 11 is 3.40. The Labute approximate surface area is 145 Å². The average Bonchev–Trinajstić information content (AvgIpc) is 2.57. The van der Waals surface area contributed by atoms with E-state index in [-0.39, 0.29) is 18.0 Å². The Morgan fingerprint density at radius 3 is 2.70 bits per heavy atom. The second kappa shape index (κ2) is 7.28. The molecule has 0 aliphatic heterocycles. The maximum atomic E-state index is 12.4. The molecule has 0 bridgehead atoms. The predicted molar refractivity (Wildman–Crippen MR) is 97.5 cm³/mol. The molecule has 0 fully saturated rings. The second-order valence-corrected chi connectivity index (χ2v) is 6.94. The molecule has 3 rings (SSSR count). The van der Waals surface area contributed by atoms with Crippen LogP contribution in [-0.4, -0.2) is 11.9 Å². The van der Waals surface area contributed by atoms with Crippen LogP contribution >= 0.6 is 15.9 Å². The van der Waals surface area contributed by atoms with Gasteiger partial charge >= 0.3 is 0 Å². The molecular formula is C19H21BrN2O. The number of halogens is 1. The van der Waals surface area contributed by atoms with Crippen molar-refractivity contribution in [1.29, 1.82) is 0 Å². The van der Waals surface area contributed by atoms with Crippen molar-refractivity contribution in [3.63, 3.8) is 0 Å². The summed E-state index contributed by atoms with van der Waals surface area (Å²) in [5, 5.41) is 6.45. The molecule has 2 N–H and O–H groups in total. The van der Waals surface area contributed by atoms with Gasteiger partial charge in [-0.3, -0.25) is 10.1 Å². The van der Waals surface area contributed by atoms with Crippen molar-refractivity contribution in [1.82, 2.24) is 5.32 Å². The zero-order valence-corrected chi connectivity index (χ0v) is 14.8. The van der Waals surface area contributed by atoms with Crippen molar-refractivity contribution in [2.75, 3.05) is 5.32 Å². The number of aryl methyl sites for hydroxylation is 1. The summed E-state index contributed by atoms with van der Waals surface area (Å²) in [6.07, 6.45) is 3.37. The van der Waals surface area contributed by atoms with Crippen molar-refractivity contribution < 1.29 is 4.79 Å². The molecule has 2 aromatic rings. The third-order valence-electron chi connectivity index (χ3n) is 4.33. The third kappa shape index (κ3) is 4.01. The van der Waals surface area contributed by atoms with E-state index in [0.717, 1.165) is 29.4 Å². The maximum absolute atomic E-state index is 12.4. The smallest absolute Gasteiger partial charge is 0.241 e. The predicted octanol–water partition coefficient (Wildman–Crippen LogP) is 4.44. The molecule has 1 amide bonds. The average molecular weight is 373 g/mol. The summed E-state index contributed by atoms with van der Waals surface area (Å²) in [5.74, 6) is -0.00428. The van der Waals surface area contributed by atoms with Gasteiger partial charge < -0.3 is 5.32 Å². The number of hydrogen-bond acceptors (Lipinski definition) is 2. The molecule has 0 spiro atoms. The lowest BCUT2D eigenvalue weighted by molar-refractivity contribution is -0.118. The number of anilines is 1. The first kappa shape index (κ1) is 16.2. The summed E-state index contributed by atoms with van der Waals surface area (Å²) in [4.78, 5) is 12.4. The quantitative estimate of drug-likeness (QED) is 0.832. The lowest BCUT2D eigenvalue weighted by atomic mass is 9.87. The van der Waals surface area contributed by atoms with Crippen molar-refractivity contribution in [3.05, 3.63) is 64.1 Å². The van der Waals surface area contributed by atoms with Gasteiger partial charge in [-0.2, -0.15) is 0 Å². The fourth-order valence-corrected chi connectivity index (χ4v) is 3.35. The highest BCUT2D eigenvalue weighted by atomic mass is 79.9. The van der Waals surface area contributed by atoms with Crippen LogP contribution in [0.5, 0.6) is 0 Å². The van der Waals surface area contributed by atoms with E-state index >= 15 is 0 Å². The topological polar surface area (TPSA) is 41.1 Å². The fraction of sp³-hybridized carbons (Fsp3) is 0.316. The Hall–Kier alpha value is -1.65. The molecule has 2 atom stereocenters. The summed E-state index contributed by atoms with van der Waals surface area (Å²) in [5.41, 5.74) is 3.55. The first-order chi connectivity index (χ1) is 11.1. The molecule has 0 unspecified atom stereocenters. The lowest BCUT2D eigenvalue weighted by Gasteiger charge is -2.28. The minimum atomic E-state index is -0.241. The molecule has 2 aromatic carbocycles. The van der Waals surface area contributed by atoms with Crippen LogP contribution in [0.3, 0.4) is 0 Å². The number of carbonyl (C=O) groups excluding carboxylic acids is 1. The van der Waals surface area contributed by atoms with Gasteiger partial charge in [-0.1, -0.05) is 40.2 Å². The number of hydrogen-bond donors (Lipinski definition) is 2. The molecule has 3 nitrogen and oxygen atoms in total. The summed E-state index contributed by atoms with van der Waals surface area (Å²) in [7, 11) is 0. The number of rotatable bonds is 4. The lowest BCUT2D eigenvalue weighted by Crippen LogP contribution is -2.41. The van der Waals surface area contributed by atoms with Crippen LogP contribution in [0.2, 0.25) is 0 Å². The fourth-order valence-electron chi connectivity index (χ4n) is 3.09. The van der Waals surface area contributed by atoms with Crippen LogP contribution in [0, 0.1) is 0 Å². The van der Waals surface area contributed by atoms with Crippen molar-refractivity contribution in [3.8, 4) is 0 Å². The van der Waals surface area contributed by atoms with E-state index in [1.807, 2.05) is 31.2 Å². The van der Waals surface area contributed by atoms with Crippen LogP contribution in [0.25, 0.3) is 0 Å². The van der Waals surface area contributed by atoms with Crippen molar-refractivity contribution in [2.24, 2.45) is 0 Å². The van der Waals surface area contributed by atoms with Gasteiger partial charge in [0.1, 0.15) is 0 Å². The van der Waals surface area contributed by atoms with E-state index in [1.165, 1.54) is 11.1 Å². The number of benzene rings is 2. The molecular weight excluding hydrogens is 352 g/mol. The Kier molecular flexibility index (Phi) is 5.13. The molecule has 0 aromatic heterocycles. The number of carbonyl (C=O) groups is 1. The molecule has 1 aliphatic rings. The van der Waals surface area contributed by atoms with E-state index in [4.69, 9.17) is 0 Å². The van der Waals surface area contributed by atoms with E-state index in [2.05, 4.69) is 50.8 Å². The highest BCUT2D eigenvalue weighted by molar-refractivity contribution is 9.10. The van der Waals surface area contributed by atoms with Gasteiger partial charge in [0.05, 0.1) is 6.04 Å². The standard InChI is InChI=1S/C19H21BrN2O/c1-13(19(23)22-16-11-9-15(20)10-12-16)21-18-8-4-6-14-5-2-3-7-17(14)18/h2-3,5,7,9-13,18,21H,4,6,8H2,1H3,(H,22,23)/t13-,18+/m0/s1. The second-order valence-electron chi connectivity index (χ2n) is 6.03. The van der Waals surface area contributed by atoms with Gasteiger partial charge in [-0.05, 0) is 61.6 Å². The molecule has 0 saturated carbocycles. The zero-order valence-electron chi connectivity index (χ0n) is 13.2. The van der Waals surface area contributed by atoms with Crippen LogP contribution in [0.1, 0.15) is 36.9 Å². The Morgan fingerprint density at radius 2 is 1.91 bits per heavy atom. The summed E-state index contributed by atoms with van der Waals surface area (Å²) < 4.78 is 1.00. The van der Waals surface area contributed by atoms with Gasteiger partial charge in [-0.25, -0.2) is 0 Å². The number of fused-ring (bicyclic) bond motifs is 1. The molecule has 0 radical (unpaired) electrons. The van der Waals surface area contributed by atoms with Crippen molar-refractivity contribution >= 4 is 27.5 Å². The van der Waals surface area contributed by atoms with E-state index in [1.54, 1.807) is 0 Å².